The van der Waals surface area contributed by atoms with Crippen molar-refractivity contribution in [3.8, 4) is 0 Å². The number of alkyl halides is 3. The van der Waals surface area contributed by atoms with E-state index in [0.717, 1.165) is 28.6 Å². The molecule has 1 aromatic heterocycles. The first-order chi connectivity index (χ1) is 9.95. The van der Waals surface area contributed by atoms with E-state index in [-0.39, 0.29) is 5.82 Å². The van der Waals surface area contributed by atoms with Gasteiger partial charge in [-0.3, -0.25) is 0 Å². The molecule has 0 bridgehead atoms. The van der Waals surface area contributed by atoms with Crippen LogP contribution in [0.3, 0.4) is 0 Å². The molecule has 0 radical (unpaired) electrons. The van der Waals surface area contributed by atoms with E-state index in [4.69, 9.17) is 0 Å². The minimum Gasteiger partial charge on any atom is -0.359 e. The Kier molecular flexibility index (Phi) is 3.20. The zero-order valence-electron chi connectivity index (χ0n) is 10.8. The zero-order chi connectivity index (χ0) is 15.0. The second-order valence-corrected chi connectivity index (χ2v) is 4.85. The maximum Gasteiger partial charge on any atom is 0.416 e. The summed E-state index contributed by atoms with van der Waals surface area (Å²) >= 11 is 0. The van der Waals surface area contributed by atoms with Crippen LogP contribution in [0.1, 0.15) is 16.7 Å². The second-order valence-electron chi connectivity index (χ2n) is 4.85. The summed E-state index contributed by atoms with van der Waals surface area (Å²) in [5.74, 6) is -0.342. The van der Waals surface area contributed by atoms with Crippen molar-refractivity contribution >= 4 is 10.9 Å². The van der Waals surface area contributed by atoms with Crippen LogP contribution in [0.4, 0.5) is 17.6 Å². The van der Waals surface area contributed by atoms with Crippen molar-refractivity contribution in [2.45, 2.75) is 12.6 Å². The number of rotatable bonds is 2. The highest BCUT2D eigenvalue weighted by molar-refractivity contribution is 5.84. The van der Waals surface area contributed by atoms with Crippen LogP contribution >= 0.6 is 0 Å². The number of para-hydroxylation sites is 1. The van der Waals surface area contributed by atoms with Crippen LogP contribution < -0.4 is 0 Å². The third-order valence-corrected chi connectivity index (χ3v) is 3.43. The molecule has 0 aliphatic heterocycles. The number of aromatic amines is 1. The summed E-state index contributed by atoms with van der Waals surface area (Å²) in [4.78, 5) is 2.86. The van der Waals surface area contributed by atoms with E-state index in [2.05, 4.69) is 4.98 Å². The van der Waals surface area contributed by atoms with E-state index in [0.29, 0.717) is 11.9 Å². The smallest absolute Gasteiger partial charge is 0.359 e. The molecule has 0 amide bonds. The number of H-pyrrole nitrogens is 1. The predicted molar refractivity (Wildman–Crippen MR) is 72.5 cm³/mol. The first-order valence-corrected chi connectivity index (χ1v) is 6.36. The highest BCUT2D eigenvalue weighted by Crippen LogP contribution is 2.30. The van der Waals surface area contributed by atoms with Crippen LogP contribution in [0.5, 0.6) is 0 Å². The van der Waals surface area contributed by atoms with Gasteiger partial charge in [-0.05, 0) is 35.7 Å². The van der Waals surface area contributed by atoms with Crippen LogP contribution in [0.25, 0.3) is 10.9 Å². The Hall–Kier alpha value is -2.30. The highest BCUT2D eigenvalue weighted by Gasteiger charge is 2.29. The van der Waals surface area contributed by atoms with Gasteiger partial charge in [-0.15, -0.1) is 0 Å². The quantitative estimate of drug-likeness (QED) is 0.646. The molecule has 1 nitrogen and oxygen atoms in total. The zero-order valence-corrected chi connectivity index (χ0v) is 10.8. The van der Waals surface area contributed by atoms with Gasteiger partial charge in [0.2, 0.25) is 0 Å². The van der Waals surface area contributed by atoms with Gasteiger partial charge in [0, 0.05) is 11.6 Å². The lowest BCUT2D eigenvalue weighted by Crippen LogP contribution is -2.04. The third-order valence-electron chi connectivity index (χ3n) is 3.43. The summed E-state index contributed by atoms with van der Waals surface area (Å²) in [5.41, 5.74) is 1.34. The van der Waals surface area contributed by atoms with E-state index in [1.807, 2.05) is 0 Å². The molecule has 0 fully saturated rings. The van der Waals surface area contributed by atoms with Gasteiger partial charge < -0.3 is 4.98 Å². The Morgan fingerprint density at radius 2 is 1.67 bits per heavy atom. The monoisotopic (exact) mass is 293 g/mol. The average Bonchev–Trinajstić information content (AvgIpc) is 2.83. The molecule has 0 aliphatic rings. The van der Waals surface area contributed by atoms with Gasteiger partial charge in [0.1, 0.15) is 5.82 Å². The minimum absolute atomic E-state index is 0.342. The number of halogens is 4. The average molecular weight is 293 g/mol. The molecular formula is C16H11F4N. The van der Waals surface area contributed by atoms with Crippen molar-refractivity contribution in [3.63, 3.8) is 0 Å². The van der Waals surface area contributed by atoms with Gasteiger partial charge in [0.05, 0.1) is 11.1 Å². The minimum atomic E-state index is -4.33. The molecule has 1 heterocycles. The van der Waals surface area contributed by atoms with Gasteiger partial charge in [-0.25, -0.2) is 4.39 Å². The van der Waals surface area contributed by atoms with E-state index in [1.54, 1.807) is 18.3 Å². The summed E-state index contributed by atoms with van der Waals surface area (Å²) in [5, 5.41) is 0.745. The summed E-state index contributed by atoms with van der Waals surface area (Å²) < 4.78 is 51.1. The molecular weight excluding hydrogens is 282 g/mol. The summed E-state index contributed by atoms with van der Waals surface area (Å²) in [6, 6.07) is 9.77. The fourth-order valence-corrected chi connectivity index (χ4v) is 2.35. The number of hydrogen-bond donors (Lipinski definition) is 1. The molecule has 0 aliphatic carbocycles. The SMILES string of the molecule is Fc1cccc2c(Cc3ccc(C(F)(F)F)cc3)c[nH]c12. The van der Waals surface area contributed by atoms with Gasteiger partial charge in [0.15, 0.2) is 0 Å². The van der Waals surface area contributed by atoms with E-state index >= 15 is 0 Å². The Morgan fingerprint density at radius 3 is 2.33 bits per heavy atom. The van der Waals surface area contributed by atoms with Gasteiger partial charge >= 0.3 is 6.18 Å². The largest absolute Gasteiger partial charge is 0.416 e. The Morgan fingerprint density at radius 1 is 0.952 bits per heavy atom. The van der Waals surface area contributed by atoms with Crippen molar-refractivity contribution in [2.75, 3.05) is 0 Å². The number of nitrogens with one attached hydrogen (secondary N) is 1. The molecule has 1 N–H and O–H groups in total. The Bertz CT molecular complexity index is 769. The maximum atomic E-state index is 13.6. The van der Waals surface area contributed by atoms with Crippen molar-refractivity contribution < 1.29 is 17.6 Å². The number of benzene rings is 2. The predicted octanol–water partition coefficient (Wildman–Crippen LogP) is 4.92. The van der Waals surface area contributed by atoms with E-state index in [1.165, 1.54) is 18.2 Å². The summed E-state index contributed by atoms with van der Waals surface area (Å²) in [7, 11) is 0. The first-order valence-electron chi connectivity index (χ1n) is 6.36. The highest BCUT2D eigenvalue weighted by atomic mass is 19.4. The molecule has 3 rings (SSSR count). The lowest BCUT2D eigenvalue weighted by molar-refractivity contribution is -0.137. The summed E-state index contributed by atoms with van der Waals surface area (Å²) in [6.07, 6.45) is -2.20. The molecule has 0 spiro atoms. The number of aromatic nitrogens is 1. The second kappa shape index (κ2) is 4.91. The van der Waals surface area contributed by atoms with Gasteiger partial charge in [-0.1, -0.05) is 24.3 Å². The lowest BCUT2D eigenvalue weighted by Gasteiger charge is -2.07. The normalized spacial score (nSPS) is 12.0. The molecule has 0 unspecified atom stereocenters. The van der Waals surface area contributed by atoms with Crippen LogP contribution in [-0.4, -0.2) is 4.98 Å². The fraction of sp³-hybridized carbons (Fsp3) is 0.125. The van der Waals surface area contributed by atoms with Gasteiger partial charge in [0.25, 0.3) is 0 Å². The molecule has 21 heavy (non-hydrogen) atoms. The van der Waals surface area contributed by atoms with Crippen molar-refractivity contribution in [3.05, 3.63) is 71.2 Å². The van der Waals surface area contributed by atoms with E-state index in [9.17, 15) is 17.6 Å². The van der Waals surface area contributed by atoms with E-state index < -0.39 is 11.7 Å². The first kappa shape index (κ1) is 13.7. The van der Waals surface area contributed by atoms with Crippen LogP contribution in [-0.2, 0) is 12.6 Å². The third kappa shape index (κ3) is 2.63. The van der Waals surface area contributed by atoms with Crippen molar-refractivity contribution in [1.82, 2.24) is 4.98 Å². The van der Waals surface area contributed by atoms with Crippen LogP contribution in [0, 0.1) is 5.82 Å². The lowest BCUT2D eigenvalue weighted by atomic mass is 10.0. The molecule has 3 aromatic rings. The topological polar surface area (TPSA) is 15.8 Å². The Labute approximate surface area is 118 Å². The summed E-state index contributed by atoms with van der Waals surface area (Å²) in [6.45, 7) is 0. The molecule has 2 aromatic carbocycles. The molecule has 0 saturated heterocycles. The maximum absolute atomic E-state index is 13.6. The standard InChI is InChI=1S/C16H11F4N/c17-14-3-1-2-13-11(9-21-15(13)14)8-10-4-6-12(7-5-10)16(18,19)20/h1-7,9,21H,8H2. The molecule has 0 atom stereocenters. The molecule has 5 heteroatoms. The van der Waals surface area contributed by atoms with Crippen molar-refractivity contribution in [2.24, 2.45) is 0 Å². The fourth-order valence-electron chi connectivity index (χ4n) is 2.35. The molecule has 108 valence electrons. The Balaban J connectivity index is 1.90. The molecule has 0 saturated carbocycles. The van der Waals surface area contributed by atoms with Crippen LogP contribution in [0.2, 0.25) is 0 Å². The van der Waals surface area contributed by atoms with Crippen molar-refractivity contribution in [1.29, 1.82) is 0 Å². The number of fused-ring (bicyclic) bond motifs is 1. The number of hydrogen-bond acceptors (Lipinski definition) is 0. The van der Waals surface area contributed by atoms with Crippen LogP contribution in [0.15, 0.2) is 48.7 Å². The van der Waals surface area contributed by atoms with Gasteiger partial charge in [-0.2, -0.15) is 13.2 Å².